The number of carboxylic acid groups (broad SMARTS) is 1. The zero-order valence-electron chi connectivity index (χ0n) is 14.8. The van der Waals surface area contributed by atoms with Crippen molar-refractivity contribution < 1.29 is 28.6 Å². The normalized spacial score (nSPS) is 11.6. The Morgan fingerprint density at radius 1 is 1.19 bits per heavy atom. The molecule has 0 aliphatic carbocycles. The average Bonchev–Trinajstić information content (AvgIpc) is 2.63. The van der Waals surface area contributed by atoms with E-state index in [0.29, 0.717) is 17.1 Å². The highest BCUT2D eigenvalue weighted by Crippen LogP contribution is 2.31. The van der Waals surface area contributed by atoms with Crippen LogP contribution in [-0.4, -0.2) is 31.2 Å². The number of hydrogen-bond acceptors (Lipinski definition) is 4. The molecule has 0 aliphatic heterocycles. The van der Waals surface area contributed by atoms with E-state index >= 15 is 0 Å². The molecule has 1 unspecified atom stereocenters. The fourth-order valence-corrected chi connectivity index (χ4v) is 2.83. The van der Waals surface area contributed by atoms with Gasteiger partial charge in [0.1, 0.15) is 5.82 Å². The standard InChI is InChI=1S/C19H19ClFNO5/c1-26-16-7-6-11(8-17(16)27-2)15(10-19(24)25)22-18(23)9-12-13(20)4-3-5-14(12)21/h3-8,15H,9-10H2,1-2H3,(H,22,23)(H,24,25). The number of methoxy groups -OCH3 is 2. The Bertz CT molecular complexity index is 823. The predicted octanol–water partition coefficient (Wildman–Crippen LogP) is 3.37. The number of carbonyl (C=O) groups excluding carboxylic acids is 1. The van der Waals surface area contributed by atoms with Crippen molar-refractivity contribution in [2.24, 2.45) is 0 Å². The summed E-state index contributed by atoms with van der Waals surface area (Å²) in [5, 5.41) is 11.9. The molecule has 8 heteroatoms. The smallest absolute Gasteiger partial charge is 0.305 e. The molecule has 1 amide bonds. The molecule has 0 bridgehead atoms. The summed E-state index contributed by atoms with van der Waals surface area (Å²) in [6.45, 7) is 0. The van der Waals surface area contributed by atoms with Crippen LogP contribution < -0.4 is 14.8 Å². The summed E-state index contributed by atoms with van der Waals surface area (Å²) in [7, 11) is 2.93. The highest BCUT2D eigenvalue weighted by molar-refractivity contribution is 6.31. The number of benzene rings is 2. The summed E-state index contributed by atoms with van der Waals surface area (Å²) in [5.41, 5.74) is 0.570. The van der Waals surface area contributed by atoms with Gasteiger partial charge in [-0.25, -0.2) is 4.39 Å². The first-order valence-electron chi connectivity index (χ1n) is 8.01. The maximum atomic E-state index is 13.9. The summed E-state index contributed by atoms with van der Waals surface area (Å²) in [6.07, 6.45) is -0.666. The van der Waals surface area contributed by atoms with Crippen molar-refractivity contribution in [3.05, 3.63) is 58.4 Å². The minimum atomic E-state index is -1.10. The van der Waals surface area contributed by atoms with E-state index in [-0.39, 0.29) is 23.4 Å². The lowest BCUT2D eigenvalue weighted by atomic mass is 10.0. The molecule has 2 N–H and O–H groups in total. The Balaban J connectivity index is 2.24. The van der Waals surface area contributed by atoms with Gasteiger partial charge in [-0.2, -0.15) is 0 Å². The first-order valence-corrected chi connectivity index (χ1v) is 8.39. The number of nitrogens with one attached hydrogen (secondary N) is 1. The van der Waals surface area contributed by atoms with Crippen LogP contribution in [0.5, 0.6) is 11.5 Å². The summed E-state index contributed by atoms with van der Waals surface area (Å²) in [6, 6.07) is 8.13. The number of rotatable bonds is 8. The monoisotopic (exact) mass is 395 g/mol. The molecular weight excluding hydrogens is 377 g/mol. The quantitative estimate of drug-likeness (QED) is 0.715. The molecule has 27 heavy (non-hydrogen) atoms. The lowest BCUT2D eigenvalue weighted by molar-refractivity contribution is -0.137. The molecule has 2 aromatic rings. The van der Waals surface area contributed by atoms with E-state index in [1.54, 1.807) is 18.2 Å². The van der Waals surface area contributed by atoms with Crippen LogP contribution in [0.15, 0.2) is 36.4 Å². The zero-order chi connectivity index (χ0) is 20.0. The maximum absolute atomic E-state index is 13.9. The van der Waals surface area contributed by atoms with E-state index in [4.69, 9.17) is 21.1 Å². The van der Waals surface area contributed by atoms with Crippen LogP contribution in [0, 0.1) is 5.82 Å². The van der Waals surface area contributed by atoms with Gasteiger partial charge in [-0.15, -0.1) is 0 Å². The minimum Gasteiger partial charge on any atom is -0.493 e. The molecular formula is C19H19ClFNO5. The van der Waals surface area contributed by atoms with Crippen LogP contribution >= 0.6 is 11.6 Å². The van der Waals surface area contributed by atoms with Crippen molar-refractivity contribution in [3.8, 4) is 11.5 Å². The zero-order valence-corrected chi connectivity index (χ0v) is 15.5. The molecule has 0 heterocycles. The average molecular weight is 396 g/mol. The lowest BCUT2D eigenvalue weighted by Crippen LogP contribution is -2.31. The third-order valence-corrected chi connectivity index (χ3v) is 4.28. The highest BCUT2D eigenvalue weighted by Gasteiger charge is 2.21. The molecule has 0 aliphatic rings. The van der Waals surface area contributed by atoms with Crippen molar-refractivity contribution in [1.29, 1.82) is 0 Å². The Kier molecular flexibility index (Phi) is 7.01. The largest absolute Gasteiger partial charge is 0.493 e. The van der Waals surface area contributed by atoms with E-state index in [1.165, 1.54) is 32.4 Å². The summed E-state index contributed by atoms with van der Waals surface area (Å²) in [4.78, 5) is 23.6. The van der Waals surface area contributed by atoms with Gasteiger partial charge < -0.3 is 19.9 Å². The molecule has 0 radical (unpaired) electrons. The fraction of sp³-hybridized carbons (Fsp3) is 0.263. The molecule has 2 rings (SSSR count). The summed E-state index contributed by atoms with van der Waals surface area (Å²) in [5.74, 6) is -1.38. The van der Waals surface area contributed by atoms with Gasteiger partial charge in [-0.1, -0.05) is 23.7 Å². The second-order valence-electron chi connectivity index (χ2n) is 5.71. The molecule has 2 aromatic carbocycles. The van der Waals surface area contributed by atoms with E-state index in [2.05, 4.69) is 5.32 Å². The van der Waals surface area contributed by atoms with Crippen LogP contribution in [0.25, 0.3) is 0 Å². The number of carboxylic acids is 1. The maximum Gasteiger partial charge on any atom is 0.305 e. The van der Waals surface area contributed by atoms with Gasteiger partial charge in [0.2, 0.25) is 5.91 Å². The third-order valence-electron chi connectivity index (χ3n) is 3.92. The molecule has 6 nitrogen and oxygen atoms in total. The van der Waals surface area contributed by atoms with Crippen LogP contribution in [0.3, 0.4) is 0 Å². The van der Waals surface area contributed by atoms with Gasteiger partial charge in [0, 0.05) is 10.6 Å². The van der Waals surface area contributed by atoms with Gasteiger partial charge >= 0.3 is 5.97 Å². The van der Waals surface area contributed by atoms with Gasteiger partial charge in [0.15, 0.2) is 11.5 Å². The van der Waals surface area contributed by atoms with E-state index in [1.807, 2.05) is 0 Å². The van der Waals surface area contributed by atoms with Gasteiger partial charge in [0.05, 0.1) is 33.1 Å². The van der Waals surface area contributed by atoms with Crippen molar-refractivity contribution in [3.63, 3.8) is 0 Å². The molecule has 0 saturated heterocycles. The molecule has 0 aromatic heterocycles. The lowest BCUT2D eigenvalue weighted by Gasteiger charge is -2.19. The van der Waals surface area contributed by atoms with Crippen LogP contribution in [-0.2, 0) is 16.0 Å². The van der Waals surface area contributed by atoms with Gasteiger partial charge in [0.25, 0.3) is 0 Å². The molecule has 144 valence electrons. The first-order chi connectivity index (χ1) is 12.8. The number of aliphatic carboxylic acids is 1. The predicted molar refractivity (Wildman–Crippen MR) is 97.8 cm³/mol. The van der Waals surface area contributed by atoms with E-state index in [9.17, 15) is 19.1 Å². The van der Waals surface area contributed by atoms with E-state index in [0.717, 1.165) is 0 Å². The highest BCUT2D eigenvalue weighted by atomic mass is 35.5. The minimum absolute atomic E-state index is 0.0538. The second kappa shape index (κ2) is 9.23. The van der Waals surface area contributed by atoms with Gasteiger partial charge in [-0.3, -0.25) is 9.59 Å². The van der Waals surface area contributed by atoms with E-state index < -0.39 is 23.7 Å². The number of halogens is 2. The number of hydrogen-bond donors (Lipinski definition) is 2. The Morgan fingerprint density at radius 2 is 1.89 bits per heavy atom. The van der Waals surface area contributed by atoms with Crippen molar-refractivity contribution in [2.45, 2.75) is 18.9 Å². The molecule has 0 saturated carbocycles. The second-order valence-corrected chi connectivity index (χ2v) is 6.12. The Morgan fingerprint density at radius 3 is 2.48 bits per heavy atom. The van der Waals surface area contributed by atoms with Crippen molar-refractivity contribution in [2.75, 3.05) is 14.2 Å². The number of amides is 1. The number of carbonyl (C=O) groups is 2. The Hall–Kier alpha value is -2.80. The van der Waals surface area contributed by atoms with Crippen LogP contribution in [0.4, 0.5) is 4.39 Å². The Labute approximate surface area is 160 Å². The summed E-state index contributed by atoms with van der Waals surface area (Å²) >= 11 is 5.94. The van der Waals surface area contributed by atoms with Crippen LogP contribution in [0.2, 0.25) is 5.02 Å². The van der Waals surface area contributed by atoms with Crippen molar-refractivity contribution in [1.82, 2.24) is 5.32 Å². The van der Waals surface area contributed by atoms with Crippen molar-refractivity contribution >= 4 is 23.5 Å². The molecule has 0 spiro atoms. The first kappa shape index (κ1) is 20.5. The van der Waals surface area contributed by atoms with Crippen LogP contribution in [0.1, 0.15) is 23.6 Å². The fourth-order valence-electron chi connectivity index (χ4n) is 2.60. The molecule has 1 atom stereocenters. The van der Waals surface area contributed by atoms with Gasteiger partial charge in [-0.05, 0) is 29.8 Å². The number of ether oxygens (including phenoxy) is 2. The topological polar surface area (TPSA) is 84.9 Å². The summed E-state index contributed by atoms with van der Waals surface area (Å²) < 4.78 is 24.2. The third kappa shape index (κ3) is 5.34. The SMILES string of the molecule is COc1ccc(C(CC(=O)O)NC(=O)Cc2c(F)cccc2Cl)cc1OC. The molecule has 0 fully saturated rings.